The molecule has 1 aliphatic rings. The van der Waals surface area contributed by atoms with E-state index in [-0.39, 0.29) is 30.1 Å². The molecule has 154 valence electrons. The molecule has 0 atom stereocenters. The molecule has 1 heterocycles. The van der Waals surface area contributed by atoms with Crippen LogP contribution >= 0.6 is 24.0 Å². The largest absolute Gasteiger partial charge is 0.450 e. The number of guanidine groups is 1. The molecular weight excluding hydrogens is 445 g/mol. The van der Waals surface area contributed by atoms with Gasteiger partial charge in [-0.05, 0) is 54.1 Å². The number of hydrogen-bond acceptors (Lipinski definition) is 4. The topological polar surface area (TPSA) is 60.4 Å². The number of hydrogen-bond donors (Lipinski definition) is 1. The summed E-state index contributed by atoms with van der Waals surface area (Å²) in [7, 11) is 2.17. The Bertz CT molecular complexity index is 412. The Labute approximate surface area is 176 Å². The minimum atomic E-state index is -0.210. The van der Waals surface area contributed by atoms with Gasteiger partial charge in [-0.1, -0.05) is 0 Å². The summed E-state index contributed by atoms with van der Waals surface area (Å²) in [4.78, 5) is 22.9. The lowest BCUT2D eigenvalue weighted by Crippen LogP contribution is -2.53. The average molecular weight is 483 g/mol. The zero-order valence-corrected chi connectivity index (χ0v) is 19.5. The standard InChI is InChI=1S/C18H37N5O2.HI/c1-6-19-17(20-10-8-9-11-21(5)16(3)4)22-12-14-23(15-13-22)18(24)25-7-2;/h16H,6-15H2,1-5H3,(H,19,20);1H. The van der Waals surface area contributed by atoms with Crippen LogP contribution in [0.25, 0.3) is 0 Å². The lowest BCUT2D eigenvalue weighted by atomic mass is 10.2. The molecular formula is C18H38IN5O2. The minimum absolute atomic E-state index is 0. The third kappa shape index (κ3) is 9.25. The van der Waals surface area contributed by atoms with E-state index in [4.69, 9.17) is 9.73 Å². The SMILES string of the molecule is CCNC(=NCCCCN(C)C(C)C)N1CCN(C(=O)OCC)CC1.I. The van der Waals surface area contributed by atoms with Gasteiger partial charge in [0.2, 0.25) is 0 Å². The van der Waals surface area contributed by atoms with Gasteiger partial charge in [-0.25, -0.2) is 4.79 Å². The summed E-state index contributed by atoms with van der Waals surface area (Å²) in [6, 6.07) is 0.594. The second-order valence-corrected chi connectivity index (χ2v) is 6.69. The third-order valence-corrected chi connectivity index (χ3v) is 4.50. The van der Waals surface area contributed by atoms with Gasteiger partial charge in [0.05, 0.1) is 6.61 Å². The van der Waals surface area contributed by atoms with E-state index in [1.807, 2.05) is 6.92 Å². The second-order valence-electron chi connectivity index (χ2n) is 6.69. The smallest absolute Gasteiger partial charge is 0.409 e. The predicted octanol–water partition coefficient (Wildman–Crippen LogP) is 2.46. The van der Waals surface area contributed by atoms with Gasteiger partial charge in [0.25, 0.3) is 0 Å². The van der Waals surface area contributed by atoms with E-state index in [0.29, 0.717) is 25.7 Å². The van der Waals surface area contributed by atoms with Gasteiger partial charge >= 0.3 is 6.09 Å². The molecule has 8 heteroatoms. The minimum Gasteiger partial charge on any atom is -0.450 e. The molecule has 26 heavy (non-hydrogen) atoms. The fraction of sp³-hybridized carbons (Fsp3) is 0.889. The van der Waals surface area contributed by atoms with Crippen LogP contribution < -0.4 is 5.32 Å². The molecule has 0 saturated carbocycles. The van der Waals surface area contributed by atoms with E-state index >= 15 is 0 Å². The van der Waals surface area contributed by atoms with Gasteiger partial charge in [-0.3, -0.25) is 4.99 Å². The summed E-state index contributed by atoms with van der Waals surface area (Å²) in [5.41, 5.74) is 0. The number of amides is 1. The van der Waals surface area contributed by atoms with Crippen LogP contribution in [0.5, 0.6) is 0 Å². The highest BCUT2D eigenvalue weighted by molar-refractivity contribution is 14.0. The van der Waals surface area contributed by atoms with E-state index < -0.39 is 0 Å². The maximum absolute atomic E-state index is 11.8. The summed E-state index contributed by atoms with van der Waals surface area (Å²) in [5.74, 6) is 0.961. The first-order valence-corrected chi connectivity index (χ1v) is 9.64. The lowest BCUT2D eigenvalue weighted by Gasteiger charge is -2.35. The van der Waals surface area contributed by atoms with Crippen LogP contribution in [-0.2, 0) is 4.74 Å². The van der Waals surface area contributed by atoms with Crippen molar-refractivity contribution in [3.63, 3.8) is 0 Å². The number of piperazine rings is 1. The van der Waals surface area contributed by atoms with Gasteiger partial charge in [-0.2, -0.15) is 0 Å². The highest BCUT2D eigenvalue weighted by atomic mass is 127. The number of nitrogens with one attached hydrogen (secondary N) is 1. The van der Waals surface area contributed by atoms with Crippen molar-refractivity contribution < 1.29 is 9.53 Å². The summed E-state index contributed by atoms with van der Waals surface area (Å²) in [6.07, 6.45) is 2.04. The second kappa shape index (κ2) is 14.3. The Morgan fingerprint density at radius 2 is 1.77 bits per heavy atom. The van der Waals surface area contributed by atoms with Crippen LogP contribution in [0, 0.1) is 0 Å². The van der Waals surface area contributed by atoms with Crippen molar-refractivity contribution in [1.82, 2.24) is 20.0 Å². The fourth-order valence-corrected chi connectivity index (χ4v) is 2.66. The molecule has 0 unspecified atom stereocenters. The number of rotatable bonds is 8. The first kappa shape index (κ1) is 25.2. The summed E-state index contributed by atoms with van der Waals surface area (Å²) in [6.45, 7) is 14.5. The number of ether oxygens (including phenoxy) is 1. The Morgan fingerprint density at radius 1 is 1.15 bits per heavy atom. The fourth-order valence-electron chi connectivity index (χ4n) is 2.66. The monoisotopic (exact) mass is 483 g/mol. The molecule has 1 amide bonds. The van der Waals surface area contributed by atoms with Crippen LogP contribution in [0.3, 0.4) is 0 Å². The molecule has 1 N–H and O–H groups in total. The number of carbonyl (C=O) groups is 1. The maximum atomic E-state index is 11.8. The average Bonchev–Trinajstić information content (AvgIpc) is 2.60. The first-order valence-electron chi connectivity index (χ1n) is 9.64. The normalized spacial score (nSPS) is 15.3. The van der Waals surface area contributed by atoms with Gasteiger partial charge in [0, 0.05) is 45.3 Å². The zero-order valence-electron chi connectivity index (χ0n) is 17.2. The Kier molecular flexibility index (Phi) is 13.9. The predicted molar refractivity (Wildman–Crippen MR) is 119 cm³/mol. The van der Waals surface area contributed by atoms with Crippen molar-refractivity contribution >= 4 is 36.0 Å². The van der Waals surface area contributed by atoms with E-state index in [1.54, 1.807) is 4.90 Å². The molecule has 0 aliphatic carbocycles. The molecule has 1 saturated heterocycles. The zero-order chi connectivity index (χ0) is 18.7. The molecule has 0 aromatic heterocycles. The first-order chi connectivity index (χ1) is 12.0. The van der Waals surface area contributed by atoms with Gasteiger partial charge in [0.15, 0.2) is 5.96 Å². The Morgan fingerprint density at radius 3 is 2.31 bits per heavy atom. The molecule has 1 fully saturated rings. The van der Waals surface area contributed by atoms with Crippen LogP contribution in [0.2, 0.25) is 0 Å². The van der Waals surface area contributed by atoms with Crippen LogP contribution in [0.1, 0.15) is 40.5 Å². The Hall–Kier alpha value is -0.770. The quantitative estimate of drug-likeness (QED) is 0.249. The Balaban J connectivity index is 0.00000625. The van der Waals surface area contributed by atoms with Crippen LogP contribution in [0.15, 0.2) is 4.99 Å². The van der Waals surface area contributed by atoms with Crippen molar-refractivity contribution in [1.29, 1.82) is 0 Å². The van der Waals surface area contributed by atoms with Crippen LogP contribution in [-0.4, -0.2) is 92.3 Å². The van der Waals surface area contributed by atoms with Crippen molar-refractivity contribution in [3.05, 3.63) is 0 Å². The molecule has 1 aliphatic heterocycles. The molecule has 7 nitrogen and oxygen atoms in total. The molecule has 1 rings (SSSR count). The van der Waals surface area contributed by atoms with Gasteiger partial charge in [0.1, 0.15) is 0 Å². The van der Waals surface area contributed by atoms with E-state index in [1.165, 1.54) is 0 Å². The maximum Gasteiger partial charge on any atom is 0.409 e. The van der Waals surface area contributed by atoms with E-state index in [2.05, 4.69) is 42.9 Å². The highest BCUT2D eigenvalue weighted by Crippen LogP contribution is 2.05. The van der Waals surface area contributed by atoms with Crippen molar-refractivity contribution in [2.75, 3.05) is 59.5 Å². The number of aliphatic imine (C=N–C) groups is 1. The van der Waals surface area contributed by atoms with Crippen molar-refractivity contribution in [2.24, 2.45) is 4.99 Å². The van der Waals surface area contributed by atoms with E-state index in [0.717, 1.165) is 51.5 Å². The van der Waals surface area contributed by atoms with Crippen molar-refractivity contribution in [3.8, 4) is 0 Å². The molecule has 0 radical (unpaired) electrons. The number of nitrogens with zero attached hydrogens (tertiary/aromatic N) is 4. The third-order valence-electron chi connectivity index (χ3n) is 4.50. The summed E-state index contributed by atoms with van der Waals surface area (Å²) < 4.78 is 5.07. The summed E-state index contributed by atoms with van der Waals surface area (Å²) >= 11 is 0. The number of halogens is 1. The molecule has 0 aromatic carbocycles. The van der Waals surface area contributed by atoms with Gasteiger partial charge in [-0.15, -0.1) is 24.0 Å². The lowest BCUT2D eigenvalue weighted by molar-refractivity contribution is 0.0914. The molecule has 0 aromatic rings. The molecule has 0 spiro atoms. The van der Waals surface area contributed by atoms with Gasteiger partial charge < -0.3 is 24.8 Å². The number of unbranched alkanes of at least 4 members (excludes halogenated alkanes) is 1. The van der Waals surface area contributed by atoms with E-state index in [9.17, 15) is 4.79 Å². The van der Waals surface area contributed by atoms with Crippen LogP contribution in [0.4, 0.5) is 4.79 Å². The van der Waals surface area contributed by atoms with Crippen molar-refractivity contribution in [2.45, 2.75) is 46.6 Å². The molecule has 0 bridgehead atoms. The highest BCUT2D eigenvalue weighted by Gasteiger charge is 2.23. The summed E-state index contributed by atoms with van der Waals surface area (Å²) in [5, 5.41) is 3.37. The number of carbonyl (C=O) groups excluding carboxylic acids is 1.